The molecule has 1 aliphatic rings. The third-order valence-electron chi connectivity index (χ3n) is 3.00. The van der Waals surface area contributed by atoms with Crippen LogP contribution in [0.15, 0.2) is 0 Å². The zero-order valence-electron chi connectivity index (χ0n) is 9.53. The van der Waals surface area contributed by atoms with Crippen LogP contribution >= 0.6 is 0 Å². The van der Waals surface area contributed by atoms with E-state index in [1.807, 2.05) is 14.0 Å². The number of ether oxygens (including phenoxy) is 1. The van der Waals surface area contributed by atoms with Crippen molar-refractivity contribution < 1.29 is 13.2 Å². The average molecular weight is 235 g/mol. The molecule has 1 N–H and O–H groups in total. The predicted octanol–water partition coefficient (Wildman–Crippen LogP) is 0.578. The van der Waals surface area contributed by atoms with Crippen LogP contribution in [0, 0.1) is 0 Å². The van der Waals surface area contributed by atoms with Crippen molar-refractivity contribution in [1.82, 2.24) is 5.32 Å². The third kappa shape index (κ3) is 4.09. The molecule has 0 saturated carbocycles. The second-order valence-corrected chi connectivity index (χ2v) is 6.56. The Kier molecular flexibility index (Phi) is 5.02. The molecule has 0 bridgehead atoms. The van der Waals surface area contributed by atoms with Gasteiger partial charge in [0.05, 0.1) is 11.0 Å². The Labute approximate surface area is 92.3 Å². The van der Waals surface area contributed by atoms with Gasteiger partial charge in [0.1, 0.15) is 0 Å². The summed E-state index contributed by atoms with van der Waals surface area (Å²) in [4.78, 5) is 0. The number of nitrogens with one attached hydrogen (secondary N) is 1. The highest BCUT2D eigenvalue weighted by atomic mass is 32.2. The van der Waals surface area contributed by atoms with Crippen molar-refractivity contribution in [2.45, 2.75) is 37.5 Å². The fourth-order valence-electron chi connectivity index (χ4n) is 1.69. The van der Waals surface area contributed by atoms with Crippen molar-refractivity contribution in [1.29, 1.82) is 0 Å². The maximum Gasteiger partial charge on any atom is 0.153 e. The molecule has 1 atom stereocenters. The van der Waals surface area contributed by atoms with Gasteiger partial charge in [0.2, 0.25) is 0 Å². The number of sulfone groups is 1. The second-order valence-electron chi connectivity index (χ2n) is 4.16. The maximum absolute atomic E-state index is 11.9. The van der Waals surface area contributed by atoms with Crippen molar-refractivity contribution in [2.75, 3.05) is 26.0 Å². The van der Waals surface area contributed by atoms with Gasteiger partial charge < -0.3 is 10.1 Å². The minimum atomic E-state index is -2.91. The first-order valence-corrected chi connectivity index (χ1v) is 7.24. The maximum atomic E-state index is 11.9. The van der Waals surface area contributed by atoms with E-state index in [1.165, 1.54) is 0 Å². The van der Waals surface area contributed by atoms with Gasteiger partial charge in [-0.1, -0.05) is 0 Å². The van der Waals surface area contributed by atoms with E-state index in [1.54, 1.807) is 0 Å². The lowest BCUT2D eigenvalue weighted by molar-refractivity contribution is 0.0983. The molecule has 90 valence electrons. The molecule has 0 aromatic rings. The van der Waals surface area contributed by atoms with Crippen molar-refractivity contribution >= 4 is 9.84 Å². The van der Waals surface area contributed by atoms with E-state index < -0.39 is 9.84 Å². The van der Waals surface area contributed by atoms with Crippen molar-refractivity contribution in [3.8, 4) is 0 Å². The largest absolute Gasteiger partial charge is 0.381 e. The summed E-state index contributed by atoms with van der Waals surface area (Å²) in [5.74, 6) is 0.291. The van der Waals surface area contributed by atoms with E-state index in [9.17, 15) is 8.42 Å². The molecular formula is C10H21NO3S. The Balaban J connectivity index is 2.43. The van der Waals surface area contributed by atoms with Crippen LogP contribution in [0.1, 0.15) is 26.2 Å². The first-order valence-electron chi connectivity index (χ1n) is 5.53. The van der Waals surface area contributed by atoms with Gasteiger partial charge in [0.15, 0.2) is 9.84 Å². The molecule has 1 unspecified atom stereocenters. The summed E-state index contributed by atoms with van der Waals surface area (Å²) in [6.07, 6.45) is 2.02. The lowest BCUT2D eigenvalue weighted by atomic mass is 10.2. The van der Waals surface area contributed by atoms with Crippen LogP contribution in [0.4, 0.5) is 0 Å². The molecule has 0 spiro atoms. The first-order chi connectivity index (χ1) is 7.06. The van der Waals surface area contributed by atoms with Gasteiger partial charge in [0, 0.05) is 19.3 Å². The van der Waals surface area contributed by atoms with Gasteiger partial charge >= 0.3 is 0 Å². The Hall–Kier alpha value is -0.130. The molecule has 1 heterocycles. The van der Waals surface area contributed by atoms with E-state index in [0.717, 1.165) is 0 Å². The van der Waals surface area contributed by atoms with Crippen molar-refractivity contribution in [3.63, 3.8) is 0 Å². The molecule has 5 heteroatoms. The molecule has 4 nitrogen and oxygen atoms in total. The molecule has 1 aliphatic heterocycles. The van der Waals surface area contributed by atoms with Crippen LogP contribution in [0.25, 0.3) is 0 Å². The molecule has 0 radical (unpaired) electrons. The summed E-state index contributed by atoms with van der Waals surface area (Å²) < 4.78 is 29.0. The summed E-state index contributed by atoms with van der Waals surface area (Å²) in [7, 11) is -1.06. The molecule has 0 aliphatic carbocycles. The molecule has 1 fully saturated rings. The highest BCUT2D eigenvalue weighted by Gasteiger charge is 2.27. The fraction of sp³-hybridized carbons (Fsp3) is 1.00. The average Bonchev–Trinajstić information content (AvgIpc) is 2.27. The summed E-state index contributed by atoms with van der Waals surface area (Å²) in [5, 5.41) is 2.88. The van der Waals surface area contributed by atoms with Crippen LogP contribution in [0.3, 0.4) is 0 Å². The zero-order chi connectivity index (χ0) is 11.3. The number of rotatable bonds is 5. The van der Waals surface area contributed by atoms with E-state index in [4.69, 9.17) is 4.74 Å². The van der Waals surface area contributed by atoms with Gasteiger partial charge in [-0.2, -0.15) is 0 Å². The van der Waals surface area contributed by atoms with Gasteiger partial charge in [-0.15, -0.1) is 0 Å². The highest BCUT2D eigenvalue weighted by molar-refractivity contribution is 7.92. The molecular weight excluding hydrogens is 214 g/mol. The Morgan fingerprint density at radius 1 is 1.40 bits per heavy atom. The quantitative estimate of drug-likeness (QED) is 0.757. The molecule has 0 aromatic heterocycles. The number of hydrogen-bond acceptors (Lipinski definition) is 4. The van der Waals surface area contributed by atoms with Gasteiger partial charge in [0.25, 0.3) is 0 Å². The van der Waals surface area contributed by atoms with Crippen LogP contribution in [-0.2, 0) is 14.6 Å². The smallest absolute Gasteiger partial charge is 0.153 e. The van der Waals surface area contributed by atoms with Crippen molar-refractivity contribution in [2.24, 2.45) is 0 Å². The van der Waals surface area contributed by atoms with Crippen LogP contribution in [-0.4, -0.2) is 45.7 Å². The first kappa shape index (κ1) is 12.9. The molecule has 0 aromatic carbocycles. The normalized spacial score (nSPS) is 21.5. The molecule has 1 rings (SSSR count). The fourth-order valence-corrected chi connectivity index (χ4v) is 3.61. The standard InChI is InChI=1S/C10H21NO3S/c1-9(11-2)5-8-15(12,13)10-3-6-14-7-4-10/h9-11H,3-8H2,1-2H3. The lowest BCUT2D eigenvalue weighted by Gasteiger charge is -2.22. The van der Waals surface area contributed by atoms with E-state index in [2.05, 4.69) is 5.32 Å². The van der Waals surface area contributed by atoms with E-state index in [-0.39, 0.29) is 11.3 Å². The lowest BCUT2D eigenvalue weighted by Crippen LogP contribution is -2.33. The second kappa shape index (κ2) is 5.82. The minimum Gasteiger partial charge on any atom is -0.381 e. The SMILES string of the molecule is CNC(C)CCS(=O)(=O)C1CCOCC1. The Morgan fingerprint density at radius 3 is 2.53 bits per heavy atom. The summed E-state index contributed by atoms with van der Waals surface area (Å²) >= 11 is 0. The summed E-state index contributed by atoms with van der Waals surface area (Å²) in [5.41, 5.74) is 0. The molecule has 0 amide bonds. The summed E-state index contributed by atoms with van der Waals surface area (Å²) in [6, 6.07) is 0.264. The minimum absolute atomic E-state index is 0.171. The predicted molar refractivity (Wildman–Crippen MR) is 60.8 cm³/mol. The number of hydrogen-bond donors (Lipinski definition) is 1. The third-order valence-corrected chi connectivity index (χ3v) is 5.30. The topological polar surface area (TPSA) is 55.4 Å². The Morgan fingerprint density at radius 2 is 2.00 bits per heavy atom. The van der Waals surface area contributed by atoms with Crippen LogP contribution in [0.2, 0.25) is 0 Å². The van der Waals surface area contributed by atoms with E-state index >= 15 is 0 Å². The van der Waals surface area contributed by atoms with Crippen LogP contribution < -0.4 is 5.32 Å². The highest BCUT2D eigenvalue weighted by Crippen LogP contribution is 2.17. The van der Waals surface area contributed by atoms with Gasteiger partial charge in [-0.05, 0) is 33.2 Å². The monoisotopic (exact) mass is 235 g/mol. The summed E-state index contributed by atoms with van der Waals surface area (Å²) in [6.45, 7) is 3.18. The molecule has 15 heavy (non-hydrogen) atoms. The van der Waals surface area contributed by atoms with Gasteiger partial charge in [-0.25, -0.2) is 8.42 Å². The molecule has 1 saturated heterocycles. The van der Waals surface area contributed by atoms with Crippen molar-refractivity contribution in [3.05, 3.63) is 0 Å². The van der Waals surface area contributed by atoms with Gasteiger partial charge in [-0.3, -0.25) is 0 Å². The van der Waals surface area contributed by atoms with E-state index in [0.29, 0.717) is 38.2 Å². The zero-order valence-corrected chi connectivity index (χ0v) is 10.3. The van der Waals surface area contributed by atoms with Crippen LogP contribution in [0.5, 0.6) is 0 Å². The Bertz CT molecular complexity index is 270.